The fourth-order valence-corrected chi connectivity index (χ4v) is 1.84. The fourth-order valence-electron chi connectivity index (χ4n) is 1.84. The average Bonchev–Trinajstić information content (AvgIpc) is 2.17. The lowest BCUT2D eigenvalue weighted by Gasteiger charge is -2.31. The van der Waals surface area contributed by atoms with E-state index in [0.717, 1.165) is 6.42 Å². The second-order valence-electron chi connectivity index (χ2n) is 4.38. The van der Waals surface area contributed by atoms with E-state index in [2.05, 4.69) is 13.8 Å². The number of carbonyl (C=O) groups is 1. The number of hydrogen-bond donors (Lipinski definition) is 2. The first-order valence-electron chi connectivity index (χ1n) is 5.05. The van der Waals surface area contributed by atoms with Crippen LogP contribution in [-0.4, -0.2) is 22.8 Å². The molecule has 1 rings (SSSR count). The smallest absolute Gasteiger partial charge is 0.312 e. The van der Waals surface area contributed by atoms with Crippen molar-refractivity contribution in [1.82, 2.24) is 0 Å². The van der Waals surface area contributed by atoms with Crippen molar-refractivity contribution < 1.29 is 15.0 Å². The molecule has 0 bridgehead atoms. The summed E-state index contributed by atoms with van der Waals surface area (Å²) in [6.45, 7) is 3.96. The van der Waals surface area contributed by atoms with Crippen LogP contribution >= 0.6 is 0 Å². The topological polar surface area (TPSA) is 57.5 Å². The summed E-state index contributed by atoms with van der Waals surface area (Å²) in [5, 5.41) is 18.2. The van der Waals surface area contributed by atoms with Crippen LogP contribution < -0.4 is 0 Å². The maximum Gasteiger partial charge on any atom is 0.312 e. The largest absolute Gasteiger partial charge is 0.481 e. The molecule has 0 amide bonds. The van der Waals surface area contributed by atoms with Gasteiger partial charge in [-0.3, -0.25) is 4.79 Å². The molecular weight excluding hydrogens is 180 g/mol. The summed E-state index contributed by atoms with van der Waals surface area (Å²) in [6.07, 6.45) is 3.80. The summed E-state index contributed by atoms with van der Waals surface area (Å²) in [6, 6.07) is 0. The Labute approximate surface area is 84.4 Å². The van der Waals surface area contributed by atoms with E-state index in [-0.39, 0.29) is 6.61 Å². The van der Waals surface area contributed by atoms with Gasteiger partial charge in [0, 0.05) is 0 Å². The first kappa shape index (κ1) is 11.2. The van der Waals surface area contributed by atoms with Crippen molar-refractivity contribution in [1.29, 1.82) is 0 Å². The van der Waals surface area contributed by atoms with E-state index in [0.29, 0.717) is 18.8 Å². The molecule has 0 heterocycles. The second-order valence-corrected chi connectivity index (χ2v) is 4.38. The van der Waals surface area contributed by atoms with Gasteiger partial charge in [0.05, 0.1) is 12.0 Å². The highest BCUT2D eigenvalue weighted by Crippen LogP contribution is 2.37. The molecule has 0 fully saturated rings. The summed E-state index contributed by atoms with van der Waals surface area (Å²) in [4.78, 5) is 11.0. The van der Waals surface area contributed by atoms with Gasteiger partial charge in [-0.05, 0) is 25.2 Å². The molecule has 0 spiro atoms. The van der Waals surface area contributed by atoms with Crippen LogP contribution in [0, 0.1) is 11.3 Å². The van der Waals surface area contributed by atoms with Crippen LogP contribution in [0.4, 0.5) is 0 Å². The Morgan fingerprint density at radius 1 is 1.64 bits per heavy atom. The molecule has 0 saturated heterocycles. The standard InChI is InChI=1S/C11H18O3/c1-8(2)9-3-5-11(7-12,6-4-9)10(13)14/h3,8,12H,4-7H2,1-2H3,(H,13,14). The minimum atomic E-state index is -0.918. The van der Waals surface area contributed by atoms with Crippen LogP contribution in [0.25, 0.3) is 0 Å². The monoisotopic (exact) mass is 198 g/mol. The summed E-state index contributed by atoms with van der Waals surface area (Å²) in [5.41, 5.74) is 0.397. The van der Waals surface area contributed by atoms with Crippen molar-refractivity contribution in [3.8, 4) is 0 Å². The van der Waals surface area contributed by atoms with E-state index in [1.807, 2.05) is 6.08 Å². The van der Waals surface area contributed by atoms with Gasteiger partial charge in [0.25, 0.3) is 0 Å². The molecule has 1 aliphatic rings. The van der Waals surface area contributed by atoms with Crippen LogP contribution in [0.3, 0.4) is 0 Å². The van der Waals surface area contributed by atoms with Crippen LogP contribution in [-0.2, 0) is 4.79 Å². The van der Waals surface area contributed by atoms with Crippen LogP contribution in [0.5, 0.6) is 0 Å². The highest BCUT2D eigenvalue weighted by Gasteiger charge is 2.39. The lowest BCUT2D eigenvalue weighted by atomic mass is 9.74. The van der Waals surface area contributed by atoms with Gasteiger partial charge in [-0.1, -0.05) is 25.5 Å². The molecule has 1 atom stereocenters. The molecule has 3 nitrogen and oxygen atoms in total. The number of aliphatic carboxylic acids is 1. The molecule has 0 saturated carbocycles. The van der Waals surface area contributed by atoms with E-state index in [1.165, 1.54) is 5.57 Å². The van der Waals surface area contributed by atoms with E-state index in [9.17, 15) is 4.79 Å². The summed E-state index contributed by atoms with van der Waals surface area (Å²) in [7, 11) is 0. The molecule has 80 valence electrons. The number of carboxylic acid groups (broad SMARTS) is 1. The minimum absolute atomic E-state index is 0.260. The summed E-state index contributed by atoms with van der Waals surface area (Å²) < 4.78 is 0. The maximum absolute atomic E-state index is 11.0. The van der Waals surface area contributed by atoms with Gasteiger partial charge in [0.1, 0.15) is 0 Å². The maximum atomic E-state index is 11.0. The van der Waals surface area contributed by atoms with Gasteiger partial charge in [0.15, 0.2) is 0 Å². The average molecular weight is 198 g/mol. The Hall–Kier alpha value is -0.830. The highest BCUT2D eigenvalue weighted by molar-refractivity contribution is 5.75. The third-order valence-electron chi connectivity index (χ3n) is 3.15. The number of aliphatic hydroxyl groups is 1. The van der Waals surface area contributed by atoms with Crippen LogP contribution in [0.1, 0.15) is 33.1 Å². The Morgan fingerprint density at radius 2 is 2.29 bits per heavy atom. The minimum Gasteiger partial charge on any atom is -0.481 e. The molecule has 1 aliphatic carbocycles. The third kappa shape index (κ3) is 1.98. The molecule has 0 aliphatic heterocycles. The Kier molecular flexibility index (Phi) is 3.32. The predicted octanol–water partition coefficient (Wildman–Crippen LogP) is 1.82. The summed E-state index contributed by atoms with van der Waals surface area (Å²) >= 11 is 0. The quantitative estimate of drug-likeness (QED) is 0.680. The van der Waals surface area contributed by atoms with Crippen molar-refractivity contribution in [3.63, 3.8) is 0 Å². The zero-order chi connectivity index (χ0) is 10.8. The first-order valence-corrected chi connectivity index (χ1v) is 5.05. The van der Waals surface area contributed by atoms with Gasteiger partial charge < -0.3 is 10.2 Å². The lowest BCUT2D eigenvalue weighted by Crippen LogP contribution is -2.36. The zero-order valence-corrected chi connectivity index (χ0v) is 8.79. The fraction of sp³-hybridized carbons (Fsp3) is 0.727. The van der Waals surface area contributed by atoms with Crippen molar-refractivity contribution in [2.75, 3.05) is 6.61 Å². The van der Waals surface area contributed by atoms with Crippen LogP contribution in [0.15, 0.2) is 11.6 Å². The number of hydrogen-bond acceptors (Lipinski definition) is 2. The molecule has 0 aromatic heterocycles. The SMILES string of the molecule is CC(C)C1=CCC(CO)(C(=O)O)CC1. The Balaban J connectivity index is 2.77. The Morgan fingerprint density at radius 3 is 2.57 bits per heavy atom. The van der Waals surface area contributed by atoms with Crippen LogP contribution in [0.2, 0.25) is 0 Å². The van der Waals surface area contributed by atoms with Gasteiger partial charge in [-0.15, -0.1) is 0 Å². The van der Waals surface area contributed by atoms with Gasteiger partial charge >= 0.3 is 5.97 Å². The van der Waals surface area contributed by atoms with Crippen molar-refractivity contribution in [2.45, 2.75) is 33.1 Å². The number of carboxylic acids is 1. The molecule has 14 heavy (non-hydrogen) atoms. The predicted molar refractivity (Wildman–Crippen MR) is 53.9 cm³/mol. The van der Waals surface area contributed by atoms with Gasteiger partial charge in [0.2, 0.25) is 0 Å². The molecule has 3 heteroatoms. The van der Waals surface area contributed by atoms with Crippen molar-refractivity contribution >= 4 is 5.97 Å². The van der Waals surface area contributed by atoms with E-state index in [4.69, 9.17) is 10.2 Å². The molecule has 0 aromatic carbocycles. The summed E-state index contributed by atoms with van der Waals surface area (Å²) in [5.74, 6) is -0.389. The third-order valence-corrected chi connectivity index (χ3v) is 3.15. The van der Waals surface area contributed by atoms with E-state index in [1.54, 1.807) is 0 Å². The van der Waals surface area contributed by atoms with E-state index >= 15 is 0 Å². The molecule has 2 N–H and O–H groups in total. The Bertz CT molecular complexity index is 255. The molecule has 1 unspecified atom stereocenters. The van der Waals surface area contributed by atoms with Gasteiger partial charge in [-0.25, -0.2) is 0 Å². The number of rotatable bonds is 3. The first-order chi connectivity index (χ1) is 6.52. The molecular formula is C11H18O3. The molecule has 0 radical (unpaired) electrons. The van der Waals surface area contributed by atoms with Crippen molar-refractivity contribution in [2.24, 2.45) is 11.3 Å². The number of allylic oxidation sites excluding steroid dienone is 2. The molecule has 0 aromatic rings. The van der Waals surface area contributed by atoms with E-state index < -0.39 is 11.4 Å². The highest BCUT2D eigenvalue weighted by atomic mass is 16.4. The van der Waals surface area contributed by atoms with Gasteiger partial charge in [-0.2, -0.15) is 0 Å². The lowest BCUT2D eigenvalue weighted by molar-refractivity contribution is -0.152. The van der Waals surface area contributed by atoms with Crippen molar-refractivity contribution in [3.05, 3.63) is 11.6 Å². The normalized spacial score (nSPS) is 27.6. The number of aliphatic hydroxyl groups excluding tert-OH is 1. The zero-order valence-electron chi connectivity index (χ0n) is 8.79. The second kappa shape index (κ2) is 4.13.